The van der Waals surface area contributed by atoms with Crippen LogP contribution in [0.15, 0.2) is 35.7 Å². The van der Waals surface area contributed by atoms with Crippen LogP contribution in [0.5, 0.6) is 5.75 Å². The molecule has 8 nitrogen and oxygen atoms in total. The monoisotopic (exact) mass is 405 g/mol. The number of halogens is 3. The first-order valence-corrected chi connectivity index (χ1v) is 9.64. The average Bonchev–Trinajstić information content (AvgIpc) is 3.31. The van der Waals surface area contributed by atoms with Gasteiger partial charge in [-0.05, 0) is 37.2 Å². The molecule has 0 unspecified atom stereocenters. The van der Waals surface area contributed by atoms with Crippen molar-refractivity contribution in [3.63, 3.8) is 0 Å². The van der Waals surface area contributed by atoms with Crippen molar-refractivity contribution in [2.24, 2.45) is 5.92 Å². The van der Waals surface area contributed by atoms with Crippen molar-refractivity contribution in [2.45, 2.75) is 23.9 Å². The summed E-state index contributed by atoms with van der Waals surface area (Å²) in [5.41, 5.74) is -0.778. The molecule has 2 aromatic rings. The van der Waals surface area contributed by atoms with E-state index in [1.54, 1.807) is 0 Å². The van der Waals surface area contributed by atoms with E-state index in [2.05, 4.69) is 25.2 Å². The number of alkyl halides is 3. The number of ether oxygens (including phenoxy) is 1. The summed E-state index contributed by atoms with van der Waals surface area (Å²) >= 11 is 0. The molecule has 3 N–H and O–H groups in total. The van der Waals surface area contributed by atoms with Crippen molar-refractivity contribution >= 4 is 10.0 Å². The molecule has 1 aliphatic rings. The third kappa shape index (κ3) is 4.96. The first kappa shape index (κ1) is 19.6. The maximum Gasteiger partial charge on any atom is 0.416 e. The Morgan fingerprint density at radius 1 is 1.30 bits per heavy atom. The van der Waals surface area contributed by atoms with Gasteiger partial charge in [-0.3, -0.25) is 0 Å². The number of hydrogen-bond acceptors (Lipinski definition) is 6. The van der Waals surface area contributed by atoms with E-state index < -0.39 is 27.9 Å². The Morgan fingerprint density at radius 2 is 2.04 bits per heavy atom. The summed E-state index contributed by atoms with van der Waals surface area (Å²) in [6, 6.07) is 4.31. The minimum atomic E-state index is -4.43. The Morgan fingerprint density at radius 3 is 2.59 bits per heavy atom. The van der Waals surface area contributed by atoms with Crippen molar-refractivity contribution in [3.8, 4) is 5.75 Å². The van der Waals surface area contributed by atoms with Gasteiger partial charge in [0.2, 0.25) is 0 Å². The van der Waals surface area contributed by atoms with Gasteiger partial charge in [0.1, 0.15) is 18.2 Å². The van der Waals surface area contributed by atoms with Crippen LogP contribution in [0.25, 0.3) is 0 Å². The second-order valence-corrected chi connectivity index (χ2v) is 7.76. The lowest BCUT2D eigenvalue weighted by molar-refractivity contribution is -0.137. The van der Waals surface area contributed by atoms with Crippen LogP contribution in [-0.4, -0.2) is 49.3 Å². The summed E-state index contributed by atoms with van der Waals surface area (Å²) in [6.45, 7) is 1.32. The molecule has 1 fully saturated rings. The van der Waals surface area contributed by atoms with Crippen molar-refractivity contribution < 1.29 is 26.3 Å². The Balaban J connectivity index is 1.70. The molecule has 2 atom stereocenters. The van der Waals surface area contributed by atoms with Gasteiger partial charge in [0, 0.05) is 19.0 Å². The van der Waals surface area contributed by atoms with Crippen LogP contribution < -0.4 is 14.8 Å². The third-order valence-corrected chi connectivity index (χ3v) is 5.47. The Bertz CT molecular complexity index is 835. The molecule has 1 aliphatic heterocycles. The normalized spacial score (nSPS) is 19.1. The quantitative estimate of drug-likeness (QED) is 0.638. The van der Waals surface area contributed by atoms with Gasteiger partial charge in [0.15, 0.2) is 0 Å². The van der Waals surface area contributed by atoms with Crippen LogP contribution in [0.1, 0.15) is 12.0 Å². The van der Waals surface area contributed by atoms with Gasteiger partial charge in [0.05, 0.1) is 5.56 Å². The lowest BCUT2D eigenvalue weighted by Gasteiger charge is -2.24. The highest BCUT2D eigenvalue weighted by Gasteiger charge is 2.31. The number of hydrogen-bond donors (Lipinski definition) is 3. The van der Waals surface area contributed by atoms with Gasteiger partial charge in [-0.25, -0.2) is 23.2 Å². The molecule has 1 aromatic carbocycles. The van der Waals surface area contributed by atoms with E-state index in [1.807, 2.05) is 0 Å². The highest BCUT2D eigenvalue weighted by atomic mass is 32.2. The molecular weight excluding hydrogens is 387 g/mol. The van der Waals surface area contributed by atoms with Crippen LogP contribution in [0.3, 0.4) is 0 Å². The fourth-order valence-electron chi connectivity index (χ4n) is 2.78. The molecule has 27 heavy (non-hydrogen) atoms. The van der Waals surface area contributed by atoms with Crippen LogP contribution in [0, 0.1) is 5.92 Å². The zero-order chi connectivity index (χ0) is 19.5. The zero-order valence-corrected chi connectivity index (χ0v) is 14.8. The van der Waals surface area contributed by atoms with Crippen LogP contribution in [-0.2, 0) is 16.2 Å². The van der Waals surface area contributed by atoms with Crippen molar-refractivity contribution in [3.05, 3.63) is 36.2 Å². The number of nitrogens with zero attached hydrogens (tertiary/aromatic N) is 2. The molecule has 0 spiro atoms. The Labute approximate surface area is 153 Å². The van der Waals surface area contributed by atoms with Gasteiger partial charge < -0.3 is 10.1 Å². The van der Waals surface area contributed by atoms with E-state index >= 15 is 0 Å². The highest BCUT2D eigenvalue weighted by Crippen LogP contribution is 2.31. The fraction of sp³-hybridized carbons (Fsp3) is 0.467. The highest BCUT2D eigenvalue weighted by molar-refractivity contribution is 7.89. The standard InChI is InChI=1S/C15H18F3N5O3S/c16-15(17,18)11-1-3-12(4-2-11)26-13(10-5-6-19-7-10)8-22-27(24,25)14-20-9-21-23-14/h1-4,9-10,13,19,22H,5-8H2,(H,20,21,23)/t10-,13+/m0/s1. The van der Waals surface area contributed by atoms with E-state index in [4.69, 9.17) is 4.74 Å². The largest absolute Gasteiger partial charge is 0.489 e. The smallest absolute Gasteiger partial charge is 0.416 e. The number of aromatic nitrogens is 3. The first-order valence-electron chi connectivity index (χ1n) is 8.15. The number of H-pyrrole nitrogens is 1. The molecule has 0 aliphatic carbocycles. The van der Waals surface area contributed by atoms with Gasteiger partial charge in [-0.2, -0.15) is 18.3 Å². The van der Waals surface area contributed by atoms with Gasteiger partial charge in [-0.1, -0.05) is 0 Å². The summed E-state index contributed by atoms with van der Waals surface area (Å²) in [6.07, 6.45) is -3.16. The second kappa shape index (κ2) is 7.82. The fourth-order valence-corrected chi connectivity index (χ4v) is 3.66. The zero-order valence-electron chi connectivity index (χ0n) is 14.0. The van der Waals surface area contributed by atoms with E-state index in [0.717, 1.165) is 31.4 Å². The summed E-state index contributed by atoms with van der Waals surface area (Å²) in [5.74, 6) is 0.239. The number of nitrogens with one attached hydrogen (secondary N) is 3. The Kier molecular flexibility index (Phi) is 5.67. The van der Waals surface area contributed by atoms with Gasteiger partial charge >= 0.3 is 6.18 Å². The summed E-state index contributed by atoms with van der Waals surface area (Å²) in [4.78, 5) is 3.60. The van der Waals surface area contributed by atoms with Gasteiger partial charge in [-0.15, -0.1) is 0 Å². The number of rotatable bonds is 7. The van der Waals surface area contributed by atoms with Crippen molar-refractivity contribution in [2.75, 3.05) is 19.6 Å². The van der Waals surface area contributed by atoms with E-state index in [-0.39, 0.29) is 23.4 Å². The molecule has 1 aromatic heterocycles. The molecule has 0 saturated carbocycles. The molecule has 2 heterocycles. The van der Waals surface area contributed by atoms with Crippen molar-refractivity contribution in [1.29, 1.82) is 0 Å². The minimum Gasteiger partial charge on any atom is -0.489 e. The molecule has 12 heteroatoms. The van der Waals surface area contributed by atoms with E-state index in [1.165, 1.54) is 12.1 Å². The second-order valence-electron chi connectivity index (χ2n) is 6.07. The van der Waals surface area contributed by atoms with Crippen LogP contribution in [0.2, 0.25) is 0 Å². The third-order valence-electron chi connectivity index (χ3n) is 4.22. The maximum atomic E-state index is 12.7. The van der Waals surface area contributed by atoms with Crippen molar-refractivity contribution in [1.82, 2.24) is 25.2 Å². The van der Waals surface area contributed by atoms with E-state index in [0.29, 0.717) is 6.54 Å². The average molecular weight is 405 g/mol. The molecule has 0 bridgehead atoms. The summed E-state index contributed by atoms with van der Waals surface area (Å²) in [7, 11) is -3.89. The lowest BCUT2D eigenvalue weighted by Crippen LogP contribution is -2.41. The predicted octanol–water partition coefficient (Wildman–Crippen LogP) is 1.16. The summed E-state index contributed by atoms with van der Waals surface area (Å²) in [5, 5.41) is 8.61. The SMILES string of the molecule is O=S(=O)(NC[C@@H](Oc1ccc(C(F)(F)F)cc1)[C@H]1CCNC1)c1ncn[nH]1. The van der Waals surface area contributed by atoms with Crippen LogP contribution in [0.4, 0.5) is 13.2 Å². The van der Waals surface area contributed by atoms with Crippen LogP contribution >= 0.6 is 0 Å². The first-order chi connectivity index (χ1) is 12.8. The Hall–Kier alpha value is -2.18. The molecule has 148 valence electrons. The van der Waals surface area contributed by atoms with Gasteiger partial charge in [0.25, 0.3) is 15.2 Å². The van der Waals surface area contributed by atoms with E-state index in [9.17, 15) is 21.6 Å². The predicted molar refractivity (Wildman–Crippen MR) is 88.4 cm³/mol. The topological polar surface area (TPSA) is 109 Å². The molecule has 3 rings (SSSR count). The number of sulfonamides is 1. The summed E-state index contributed by atoms with van der Waals surface area (Å²) < 4.78 is 70.6. The number of benzene rings is 1. The molecule has 0 amide bonds. The molecule has 1 saturated heterocycles. The maximum absolute atomic E-state index is 12.7. The number of aromatic amines is 1. The molecule has 0 radical (unpaired) electrons. The minimum absolute atomic E-state index is 0.00437. The lowest BCUT2D eigenvalue weighted by atomic mass is 10.0. The molecular formula is C15H18F3N5O3S.